The number of hydrogen-bond acceptors (Lipinski definition) is 8. The summed E-state index contributed by atoms with van der Waals surface area (Å²) >= 11 is 0. The summed E-state index contributed by atoms with van der Waals surface area (Å²) in [7, 11) is 3.38. The number of carbonyl (C=O) groups is 2. The molecule has 4 atom stereocenters. The number of ketones is 1. The summed E-state index contributed by atoms with van der Waals surface area (Å²) in [5.41, 5.74) is 5.70. The van der Waals surface area contributed by atoms with E-state index < -0.39 is 41.6 Å². The fourth-order valence-corrected chi connectivity index (χ4v) is 6.52. The number of aliphatic hydroxyl groups is 3. The third kappa shape index (κ3) is 3.76. The second-order valence-electron chi connectivity index (χ2n) is 10.5. The maximum absolute atomic E-state index is 13.9. The number of nitrogens with zero attached hydrogens (tertiary/aromatic N) is 1. The first-order valence-corrected chi connectivity index (χ1v) is 12.7. The molecule has 2 aromatic carbocycles. The van der Waals surface area contributed by atoms with Crippen LogP contribution in [0.3, 0.4) is 0 Å². The number of phenolic OH excluding ortho intramolecular Hbond substituents is 1. The molecule has 0 aliphatic heterocycles. The molecule has 3 aliphatic carbocycles. The monoisotopic (exact) mass is 520 g/mol. The number of ether oxygens (including phenoxy) is 1. The van der Waals surface area contributed by atoms with E-state index in [9.17, 15) is 30.0 Å². The van der Waals surface area contributed by atoms with Crippen molar-refractivity contribution in [2.45, 2.75) is 37.8 Å². The number of Topliss-reactive ketones (excluding diaryl/α,β-unsaturated/α-hetero) is 1. The first-order chi connectivity index (χ1) is 18.0. The van der Waals surface area contributed by atoms with E-state index in [1.165, 1.54) is 6.07 Å². The Morgan fingerprint density at radius 1 is 1.18 bits per heavy atom. The van der Waals surface area contributed by atoms with Gasteiger partial charge < -0.3 is 30.9 Å². The molecule has 9 nitrogen and oxygen atoms in total. The summed E-state index contributed by atoms with van der Waals surface area (Å²) in [5, 5.41) is 44.9. The molecule has 0 aromatic heterocycles. The lowest BCUT2D eigenvalue weighted by Crippen LogP contribution is -2.62. The molecular weight excluding hydrogens is 488 g/mol. The Balaban J connectivity index is 1.67. The number of aliphatic hydroxyl groups excluding tert-OH is 2. The van der Waals surface area contributed by atoms with Crippen LogP contribution in [0.2, 0.25) is 0 Å². The summed E-state index contributed by atoms with van der Waals surface area (Å²) in [5.74, 6) is -2.99. The van der Waals surface area contributed by atoms with E-state index in [-0.39, 0.29) is 40.4 Å². The average molecular weight is 521 g/mol. The Bertz CT molecular complexity index is 1410. The zero-order valence-electron chi connectivity index (χ0n) is 21.6. The number of fused-ring (bicyclic) bond motifs is 3. The van der Waals surface area contributed by atoms with E-state index >= 15 is 0 Å². The fraction of sp³-hybridized carbons (Fsp3) is 0.379. The lowest BCUT2D eigenvalue weighted by atomic mass is 9.57. The molecule has 4 unspecified atom stereocenters. The van der Waals surface area contributed by atoms with Gasteiger partial charge in [-0.25, -0.2) is 0 Å². The highest BCUT2D eigenvalue weighted by molar-refractivity contribution is 6.10. The van der Waals surface area contributed by atoms with Crippen molar-refractivity contribution in [3.05, 3.63) is 64.4 Å². The van der Waals surface area contributed by atoms with E-state index in [0.717, 1.165) is 11.1 Å². The summed E-state index contributed by atoms with van der Waals surface area (Å²) < 4.78 is 5.65. The number of benzene rings is 2. The van der Waals surface area contributed by atoms with Crippen LogP contribution in [0.1, 0.15) is 30.9 Å². The molecule has 9 heteroatoms. The minimum absolute atomic E-state index is 0.0227. The van der Waals surface area contributed by atoms with E-state index in [2.05, 4.69) is 0 Å². The van der Waals surface area contributed by atoms with Gasteiger partial charge >= 0.3 is 0 Å². The van der Waals surface area contributed by atoms with Crippen LogP contribution in [0.5, 0.6) is 11.5 Å². The Morgan fingerprint density at radius 3 is 2.58 bits per heavy atom. The number of phenols is 1. The second kappa shape index (κ2) is 9.18. The zero-order chi connectivity index (χ0) is 27.5. The topological polar surface area (TPSA) is 154 Å². The molecule has 1 fully saturated rings. The van der Waals surface area contributed by atoms with Gasteiger partial charge in [0.1, 0.15) is 28.6 Å². The third-order valence-corrected chi connectivity index (χ3v) is 8.16. The van der Waals surface area contributed by atoms with E-state index in [0.29, 0.717) is 24.3 Å². The molecule has 0 spiro atoms. The Hall–Kier alpha value is -3.82. The van der Waals surface area contributed by atoms with Gasteiger partial charge in [-0.05, 0) is 74.7 Å². The molecule has 1 amide bonds. The molecule has 5 rings (SSSR count). The fourth-order valence-electron chi connectivity index (χ4n) is 6.52. The predicted molar refractivity (Wildman–Crippen MR) is 140 cm³/mol. The van der Waals surface area contributed by atoms with Crippen molar-refractivity contribution in [1.29, 1.82) is 0 Å². The third-order valence-electron chi connectivity index (χ3n) is 8.16. The number of amides is 1. The maximum Gasteiger partial charge on any atom is 0.248 e. The van der Waals surface area contributed by atoms with Gasteiger partial charge in [0.25, 0.3) is 0 Å². The maximum atomic E-state index is 13.9. The molecule has 0 saturated heterocycles. The van der Waals surface area contributed by atoms with Crippen LogP contribution in [0, 0.1) is 11.8 Å². The van der Waals surface area contributed by atoms with Gasteiger partial charge in [0, 0.05) is 17.9 Å². The largest absolute Gasteiger partial charge is 0.510 e. The number of primary amides is 1. The van der Waals surface area contributed by atoms with Gasteiger partial charge in [-0.3, -0.25) is 14.5 Å². The van der Waals surface area contributed by atoms with Crippen molar-refractivity contribution in [3.63, 3.8) is 0 Å². The molecule has 0 bridgehead atoms. The standard InChI is InChI=1S/C29H32N2O7/c1-4-38-16-7-5-6-14(10-16)17-8-9-21(32)23-18(17)11-15-12-20-24(31(2)3)25(33)19(28(30)36)13-29(20,37)27(35)22(15)26(23)34/h5-10,15,20,24,32-34,37H,4,11-13H2,1-3H3,(H2,30,36). The van der Waals surface area contributed by atoms with E-state index in [4.69, 9.17) is 10.5 Å². The van der Waals surface area contributed by atoms with E-state index in [1.54, 1.807) is 25.1 Å². The minimum Gasteiger partial charge on any atom is -0.510 e. The van der Waals surface area contributed by atoms with Gasteiger partial charge in [0.15, 0.2) is 5.78 Å². The highest BCUT2D eigenvalue weighted by Crippen LogP contribution is 2.54. The quantitative estimate of drug-likeness (QED) is 0.403. The highest BCUT2D eigenvalue weighted by atomic mass is 16.5. The van der Waals surface area contributed by atoms with Gasteiger partial charge in [-0.2, -0.15) is 0 Å². The normalized spacial score (nSPS) is 26.7. The Morgan fingerprint density at radius 2 is 1.92 bits per heavy atom. The number of hydrogen-bond donors (Lipinski definition) is 5. The number of nitrogens with two attached hydrogens (primary N) is 1. The smallest absolute Gasteiger partial charge is 0.248 e. The summed E-state index contributed by atoms with van der Waals surface area (Å²) in [6.07, 6.45) is 0.131. The molecular formula is C29H32N2O7. The predicted octanol–water partition coefficient (Wildman–Crippen LogP) is 2.85. The summed E-state index contributed by atoms with van der Waals surface area (Å²) in [6, 6.07) is 9.93. The van der Waals surface area contributed by atoms with Crippen molar-refractivity contribution in [2.75, 3.05) is 20.7 Å². The molecule has 0 heterocycles. The van der Waals surface area contributed by atoms with Crippen LogP contribution < -0.4 is 10.5 Å². The van der Waals surface area contributed by atoms with Crippen molar-refractivity contribution in [3.8, 4) is 22.6 Å². The number of likely N-dealkylation sites (N-methyl/N-ethyl adjacent to an activating group) is 1. The summed E-state index contributed by atoms with van der Waals surface area (Å²) in [6.45, 7) is 2.40. The van der Waals surface area contributed by atoms with Gasteiger partial charge in [0.05, 0.1) is 23.8 Å². The Kier molecular flexibility index (Phi) is 6.24. The second-order valence-corrected chi connectivity index (χ2v) is 10.5. The molecule has 0 radical (unpaired) electrons. The molecule has 6 N–H and O–H groups in total. The first-order valence-electron chi connectivity index (χ1n) is 12.7. The van der Waals surface area contributed by atoms with E-state index in [1.807, 2.05) is 31.2 Å². The zero-order valence-corrected chi connectivity index (χ0v) is 21.6. The number of aromatic hydroxyl groups is 1. The van der Waals surface area contributed by atoms with Crippen LogP contribution in [0.4, 0.5) is 0 Å². The molecule has 3 aliphatic rings. The average Bonchev–Trinajstić information content (AvgIpc) is 2.85. The van der Waals surface area contributed by atoms with Crippen LogP contribution >= 0.6 is 0 Å². The number of rotatable bonds is 5. The molecule has 1 saturated carbocycles. The lowest BCUT2D eigenvalue weighted by molar-refractivity contribution is -0.151. The van der Waals surface area contributed by atoms with Crippen LogP contribution in [0.15, 0.2) is 53.3 Å². The van der Waals surface area contributed by atoms with Crippen LogP contribution in [0.25, 0.3) is 16.9 Å². The molecule has 38 heavy (non-hydrogen) atoms. The lowest BCUT2D eigenvalue weighted by Gasteiger charge is -2.51. The van der Waals surface area contributed by atoms with Gasteiger partial charge in [-0.15, -0.1) is 0 Å². The van der Waals surface area contributed by atoms with Gasteiger partial charge in [-0.1, -0.05) is 18.2 Å². The molecule has 200 valence electrons. The van der Waals surface area contributed by atoms with Crippen LogP contribution in [-0.2, 0) is 16.0 Å². The first kappa shape index (κ1) is 25.8. The van der Waals surface area contributed by atoms with Crippen molar-refractivity contribution in [2.24, 2.45) is 17.6 Å². The minimum atomic E-state index is -2.05. The van der Waals surface area contributed by atoms with Crippen molar-refractivity contribution in [1.82, 2.24) is 4.90 Å². The number of carbonyl (C=O) groups excluding carboxylic acids is 2. The Labute approximate surface area is 220 Å². The SMILES string of the molecule is CCOc1cccc(-c2ccc(O)c3c2CC2CC4C(N(C)C)C(O)=C(C(N)=O)CC4(O)C(=O)C2=C3O)c1. The molecule has 2 aromatic rings. The summed E-state index contributed by atoms with van der Waals surface area (Å²) in [4.78, 5) is 27.7. The van der Waals surface area contributed by atoms with Crippen LogP contribution in [-0.4, -0.2) is 69.4 Å². The van der Waals surface area contributed by atoms with Crippen molar-refractivity contribution < 1.29 is 34.8 Å². The van der Waals surface area contributed by atoms with Gasteiger partial charge in [0.2, 0.25) is 5.91 Å². The van der Waals surface area contributed by atoms with Crippen molar-refractivity contribution >= 4 is 17.4 Å². The highest BCUT2D eigenvalue weighted by Gasteiger charge is 2.60.